The van der Waals surface area contributed by atoms with Crippen molar-refractivity contribution in [1.29, 1.82) is 0 Å². The maximum Gasteiger partial charge on any atom is 0.0841 e. The van der Waals surface area contributed by atoms with E-state index >= 15 is 0 Å². The van der Waals surface area contributed by atoms with Crippen LogP contribution in [0, 0.1) is 6.85 Å². The van der Waals surface area contributed by atoms with Crippen molar-refractivity contribution >= 4 is 21.6 Å². The predicted molar refractivity (Wildman–Crippen MR) is 41.1 cm³/mol. The normalized spacial score (nSPS) is 19.0. The number of aromatic nitrogens is 1. The molecule has 0 spiro atoms. The van der Waals surface area contributed by atoms with Crippen LogP contribution >= 0.6 is 15.9 Å². The molecule has 0 aliphatic carbocycles. The summed E-state index contributed by atoms with van der Waals surface area (Å²) in [5, 5.41) is 0. The lowest BCUT2D eigenvalue weighted by molar-refractivity contribution is 1.18. The fraction of sp³-hybridized carbons (Fsp3) is 0.167. The summed E-state index contributed by atoms with van der Waals surface area (Å²) in [5.74, 6) is 0. The summed E-state index contributed by atoms with van der Waals surface area (Å²) >= 11 is 2.95. The Morgan fingerprint density at radius 2 is 2.78 bits per heavy atom. The molecule has 2 nitrogen and oxygen atoms in total. The number of nitrogen functional groups attached to an aromatic ring is 1. The zero-order chi connectivity index (χ0) is 11.1. The highest BCUT2D eigenvalue weighted by molar-refractivity contribution is 9.10. The van der Waals surface area contributed by atoms with E-state index in [-0.39, 0.29) is 21.9 Å². The molecule has 0 saturated heterocycles. The molecule has 0 fully saturated rings. The van der Waals surface area contributed by atoms with Crippen LogP contribution in [-0.4, -0.2) is 4.98 Å². The number of anilines is 1. The molecule has 0 atom stereocenters. The molecule has 1 aromatic rings. The molecule has 0 aliphatic heterocycles. The number of halogens is 1. The van der Waals surface area contributed by atoms with Crippen LogP contribution < -0.4 is 5.73 Å². The van der Waals surface area contributed by atoms with E-state index in [0.717, 1.165) is 0 Å². The third-order valence-corrected chi connectivity index (χ3v) is 1.61. The second kappa shape index (κ2) is 2.35. The Labute approximate surface area is 69.2 Å². The van der Waals surface area contributed by atoms with E-state index in [1.807, 2.05) is 0 Å². The zero-order valence-corrected chi connectivity index (χ0v) is 5.99. The van der Waals surface area contributed by atoms with Crippen molar-refractivity contribution in [3.63, 3.8) is 0 Å². The van der Waals surface area contributed by atoms with Gasteiger partial charge in [0, 0.05) is 16.0 Å². The molecule has 0 saturated carbocycles. The second-order valence-corrected chi connectivity index (χ2v) is 2.22. The van der Waals surface area contributed by atoms with Crippen LogP contribution in [0.5, 0.6) is 0 Å². The van der Waals surface area contributed by atoms with Gasteiger partial charge >= 0.3 is 0 Å². The summed E-state index contributed by atoms with van der Waals surface area (Å²) in [7, 11) is 0. The number of nitrogens with two attached hydrogens (primary N) is 1. The number of hydrogen-bond donors (Lipinski definition) is 1. The molecule has 0 aliphatic rings. The van der Waals surface area contributed by atoms with Gasteiger partial charge in [0.15, 0.2) is 0 Å². The van der Waals surface area contributed by atoms with E-state index in [2.05, 4.69) is 20.9 Å². The lowest BCUT2D eigenvalue weighted by atomic mass is 10.3. The first-order valence-electron chi connectivity index (χ1n) is 4.67. The molecule has 2 N–H and O–H groups in total. The van der Waals surface area contributed by atoms with Gasteiger partial charge in [0.05, 0.1) is 12.9 Å². The van der Waals surface area contributed by atoms with Crippen LogP contribution in [0.15, 0.2) is 16.7 Å². The van der Waals surface area contributed by atoms with E-state index in [1.165, 1.54) is 0 Å². The molecular weight excluding hydrogens is 180 g/mol. The summed E-state index contributed by atoms with van der Waals surface area (Å²) in [6, 6.07) is -0.273. The first-order chi connectivity index (χ1) is 6.25. The van der Waals surface area contributed by atoms with Gasteiger partial charge in [-0.15, -0.1) is 0 Å². The van der Waals surface area contributed by atoms with E-state index in [4.69, 9.17) is 12.6 Å². The summed E-state index contributed by atoms with van der Waals surface area (Å²) in [6.07, 6.45) is -0.433. The Balaban J connectivity index is 3.49. The Hall–Kier alpha value is -0.570. The highest BCUT2D eigenvalue weighted by atomic mass is 79.9. The van der Waals surface area contributed by atoms with Crippen molar-refractivity contribution in [2.45, 2.75) is 6.85 Å². The zero-order valence-electron chi connectivity index (χ0n) is 9.40. The molecule has 0 amide bonds. The van der Waals surface area contributed by atoms with Gasteiger partial charge in [-0.1, -0.05) is 0 Å². The highest BCUT2D eigenvalue weighted by Gasteiger charge is 1.96. The molecule has 48 valence electrons. The monoisotopic (exact) mass is 191 g/mol. The fourth-order valence-corrected chi connectivity index (χ4v) is 0.563. The van der Waals surface area contributed by atoms with Crippen molar-refractivity contribution in [3.8, 4) is 0 Å². The molecule has 1 rings (SSSR count). The Morgan fingerprint density at radius 1 is 2.00 bits per heavy atom. The Bertz CT molecular complexity index is 375. The highest BCUT2D eigenvalue weighted by Crippen LogP contribution is 2.20. The van der Waals surface area contributed by atoms with Gasteiger partial charge in [0.25, 0.3) is 0 Å². The first-order valence-corrected chi connectivity index (χ1v) is 2.97. The van der Waals surface area contributed by atoms with Gasteiger partial charge in [0.2, 0.25) is 0 Å². The predicted octanol–water partition coefficient (Wildman–Crippen LogP) is 1.73. The smallest absolute Gasteiger partial charge is 0.0841 e. The maximum absolute atomic E-state index is 7.30. The number of hydrogen-bond acceptors (Lipinski definition) is 2. The molecule has 9 heavy (non-hydrogen) atoms. The quantitative estimate of drug-likeness (QED) is 0.679. The van der Waals surface area contributed by atoms with Gasteiger partial charge in [-0.3, -0.25) is 4.98 Å². The minimum absolute atomic E-state index is 0.0681. The summed E-state index contributed by atoms with van der Waals surface area (Å²) < 4.78 is 35.9. The number of rotatable bonds is 0. The van der Waals surface area contributed by atoms with Crippen LogP contribution in [0.4, 0.5) is 5.69 Å². The average molecular weight is 192 g/mol. The minimum Gasteiger partial charge on any atom is -0.398 e. The Morgan fingerprint density at radius 3 is 3.44 bits per heavy atom. The summed E-state index contributed by atoms with van der Waals surface area (Å²) in [5.41, 5.74) is 5.08. The average Bonchev–Trinajstić information content (AvgIpc) is 2.06. The van der Waals surface area contributed by atoms with Crippen molar-refractivity contribution in [3.05, 3.63) is 22.4 Å². The second-order valence-electron chi connectivity index (χ2n) is 1.42. The molecule has 0 radical (unpaired) electrons. The lowest BCUT2D eigenvalue weighted by Gasteiger charge is -1.97. The molecule has 3 heteroatoms. The van der Waals surface area contributed by atoms with Crippen molar-refractivity contribution in [2.24, 2.45) is 0 Å². The van der Waals surface area contributed by atoms with E-state index in [0.29, 0.717) is 0 Å². The molecule has 1 aromatic heterocycles. The largest absolute Gasteiger partial charge is 0.398 e. The summed E-state index contributed by atoms with van der Waals surface area (Å²) in [4.78, 5) is 3.49. The third kappa shape index (κ3) is 1.21. The molecule has 1 heterocycles. The molecule has 0 bridgehead atoms. The lowest BCUT2D eigenvalue weighted by Crippen LogP contribution is -1.89. The van der Waals surface area contributed by atoms with Gasteiger partial charge in [-0.05, 0) is 28.8 Å². The van der Waals surface area contributed by atoms with E-state index in [9.17, 15) is 0 Å². The van der Waals surface area contributed by atoms with Crippen LogP contribution in [0.1, 0.15) is 12.5 Å². The molecule has 0 aromatic carbocycles. The van der Waals surface area contributed by atoms with Gasteiger partial charge in [0.1, 0.15) is 0 Å². The number of pyridine rings is 1. The van der Waals surface area contributed by atoms with Crippen molar-refractivity contribution in [1.82, 2.24) is 4.98 Å². The fourth-order valence-electron chi connectivity index (χ4n) is 0.376. The van der Waals surface area contributed by atoms with Gasteiger partial charge < -0.3 is 5.73 Å². The number of nitrogens with zero attached hydrogens (tertiary/aromatic N) is 1. The van der Waals surface area contributed by atoms with Crippen molar-refractivity contribution in [2.75, 3.05) is 5.73 Å². The van der Waals surface area contributed by atoms with Crippen LogP contribution in [-0.2, 0) is 0 Å². The van der Waals surface area contributed by atoms with Gasteiger partial charge in [-0.2, -0.15) is 0 Å². The topological polar surface area (TPSA) is 38.9 Å². The molecular formula is C6H7BrN2. The van der Waals surface area contributed by atoms with Gasteiger partial charge in [-0.25, -0.2) is 0 Å². The van der Waals surface area contributed by atoms with E-state index < -0.39 is 13.0 Å². The first kappa shape index (κ1) is 2.58. The third-order valence-electron chi connectivity index (χ3n) is 0.803. The minimum atomic E-state index is -2.43. The summed E-state index contributed by atoms with van der Waals surface area (Å²) in [6.45, 7) is -2.43. The van der Waals surface area contributed by atoms with E-state index in [1.54, 1.807) is 0 Å². The van der Waals surface area contributed by atoms with Crippen LogP contribution in [0.2, 0.25) is 0 Å². The standard InChI is InChI=1S/C6H7BrN2/c1-4-6(7)5(8)2-3-9-4/h2-3H,1H3,(H2,8,9)/i1D3,2D,3D. The van der Waals surface area contributed by atoms with Crippen LogP contribution in [0.3, 0.4) is 0 Å². The number of aryl methyl sites for hydroxylation is 1. The maximum atomic E-state index is 7.30. The Kier molecular flexibility index (Phi) is 0.674. The van der Waals surface area contributed by atoms with Crippen molar-refractivity contribution < 1.29 is 6.85 Å². The molecule has 0 unspecified atom stereocenters. The SMILES string of the molecule is [2H]c1nc(C([2H])([2H])[2H])c(Br)c(N)c1[2H]. The van der Waals surface area contributed by atoms with Crippen LogP contribution in [0.25, 0.3) is 0 Å².